The maximum Gasteiger partial charge on any atom is 0.257 e. The number of rotatable bonds is 2. The number of pyridine rings is 1. The summed E-state index contributed by atoms with van der Waals surface area (Å²) in [5.41, 5.74) is 3.51. The minimum Gasteiger partial charge on any atom is -0.508 e. The average molecular weight is 256 g/mol. The van der Waals surface area contributed by atoms with E-state index >= 15 is 0 Å². The standard InChI is InChI=1S/C15H16N2O2/c1-9-8-12(5-7-14(9)18)17-15(19)13-6-4-10(2)16-11(13)3/h4-8,18H,1-3H3,(H,17,19). The van der Waals surface area contributed by atoms with Crippen LogP contribution in [0, 0.1) is 20.8 Å². The Balaban J connectivity index is 2.23. The summed E-state index contributed by atoms with van der Waals surface area (Å²) in [6.45, 7) is 5.48. The predicted molar refractivity (Wildman–Crippen MR) is 74.5 cm³/mol. The zero-order valence-electron chi connectivity index (χ0n) is 11.2. The van der Waals surface area contributed by atoms with Gasteiger partial charge in [-0.2, -0.15) is 0 Å². The normalized spacial score (nSPS) is 10.3. The van der Waals surface area contributed by atoms with E-state index < -0.39 is 0 Å². The lowest BCUT2D eigenvalue weighted by Crippen LogP contribution is -2.14. The number of amides is 1. The van der Waals surface area contributed by atoms with Gasteiger partial charge in [-0.15, -0.1) is 0 Å². The number of aromatic hydroxyl groups is 1. The molecule has 2 aromatic rings. The van der Waals surface area contributed by atoms with Crippen molar-refractivity contribution in [3.63, 3.8) is 0 Å². The second kappa shape index (κ2) is 5.10. The Bertz CT molecular complexity index is 636. The highest BCUT2D eigenvalue weighted by atomic mass is 16.3. The minimum absolute atomic E-state index is 0.199. The summed E-state index contributed by atoms with van der Waals surface area (Å²) in [6.07, 6.45) is 0. The number of carbonyl (C=O) groups excluding carboxylic acids is 1. The maximum absolute atomic E-state index is 12.1. The molecule has 2 N–H and O–H groups in total. The molecule has 0 spiro atoms. The van der Waals surface area contributed by atoms with Crippen molar-refractivity contribution in [3.05, 3.63) is 52.8 Å². The molecule has 1 heterocycles. The largest absolute Gasteiger partial charge is 0.508 e. The molecule has 4 nitrogen and oxygen atoms in total. The summed E-state index contributed by atoms with van der Waals surface area (Å²) in [5.74, 6) is 0.0151. The number of nitrogens with zero attached hydrogens (tertiary/aromatic N) is 1. The second-order valence-electron chi connectivity index (χ2n) is 4.54. The van der Waals surface area contributed by atoms with Gasteiger partial charge in [-0.1, -0.05) is 0 Å². The van der Waals surface area contributed by atoms with Crippen LogP contribution in [0.3, 0.4) is 0 Å². The predicted octanol–water partition coefficient (Wildman–Crippen LogP) is 2.96. The molecule has 0 radical (unpaired) electrons. The Labute approximate surface area is 112 Å². The molecule has 0 aliphatic rings. The molecule has 0 fully saturated rings. The van der Waals surface area contributed by atoms with E-state index in [1.54, 1.807) is 31.2 Å². The van der Waals surface area contributed by atoms with E-state index in [-0.39, 0.29) is 11.7 Å². The zero-order valence-corrected chi connectivity index (χ0v) is 11.2. The molecule has 0 aliphatic heterocycles. The second-order valence-corrected chi connectivity index (χ2v) is 4.54. The number of anilines is 1. The quantitative estimate of drug-likeness (QED) is 0.812. The van der Waals surface area contributed by atoms with Crippen LogP contribution in [0.5, 0.6) is 5.75 Å². The van der Waals surface area contributed by atoms with E-state index in [2.05, 4.69) is 10.3 Å². The van der Waals surface area contributed by atoms with Crippen LogP contribution in [0.25, 0.3) is 0 Å². The number of phenolic OH excluding ortho intramolecular Hbond substituents is 1. The molecule has 0 atom stereocenters. The summed E-state index contributed by atoms with van der Waals surface area (Å²) in [7, 11) is 0. The molecule has 0 saturated carbocycles. The number of hydrogen-bond acceptors (Lipinski definition) is 3. The van der Waals surface area contributed by atoms with Crippen molar-refractivity contribution < 1.29 is 9.90 Å². The van der Waals surface area contributed by atoms with Crippen molar-refractivity contribution in [3.8, 4) is 5.75 Å². The molecule has 98 valence electrons. The summed E-state index contributed by atoms with van der Waals surface area (Å²) < 4.78 is 0. The molecule has 1 aromatic carbocycles. The SMILES string of the molecule is Cc1ccc(C(=O)Nc2ccc(O)c(C)c2)c(C)n1. The Morgan fingerprint density at radius 2 is 1.89 bits per heavy atom. The van der Waals surface area contributed by atoms with Gasteiger partial charge in [-0.05, 0) is 56.7 Å². The minimum atomic E-state index is -0.199. The first-order chi connectivity index (χ1) is 8.97. The van der Waals surface area contributed by atoms with Gasteiger partial charge in [0.1, 0.15) is 5.75 Å². The van der Waals surface area contributed by atoms with Crippen LogP contribution in [0.4, 0.5) is 5.69 Å². The van der Waals surface area contributed by atoms with E-state index in [0.29, 0.717) is 16.9 Å². The molecule has 1 aromatic heterocycles. The number of aromatic nitrogens is 1. The van der Waals surface area contributed by atoms with Crippen LogP contribution < -0.4 is 5.32 Å². The third kappa shape index (κ3) is 2.91. The topological polar surface area (TPSA) is 62.2 Å². The highest BCUT2D eigenvalue weighted by Gasteiger charge is 2.10. The van der Waals surface area contributed by atoms with Crippen molar-refractivity contribution in [2.45, 2.75) is 20.8 Å². The van der Waals surface area contributed by atoms with Gasteiger partial charge in [0.15, 0.2) is 0 Å². The van der Waals surface area contributed by atoms with Crippen LogP contribution in [0.1, 0.15) is 27.3 Å². The van der Waals surface area contributed by atoms with E-state index in [0.717, 1.165) is 11.3 Å². The molecular weight excluding hydrogens is 240 g/mol. The first kappa shape index (κ1) is 13.1. The molecular formula is C15H16N2O2. The monoisotopic (exact) mass is 256 g/mol. The molecule has 19 heavy (non-hydrogen) atoms. The third-order valence-corrected chi connectivity index (χ3v) is 2.92. The smallest absolute Gasteiger partial charge is 0.257 e. The van der Waals surface area contributed by atoms with E-state index in [1.165, 1.54) is 0 Å². The van der Waals surface area contributed by atoms with Gasteiger partial charge >= 0.3 is 0 Å². The lowest BCUT2D eigenvalue weighted by Gasteiger charge is -2.09. The molecule has 4 heteroatoms. The van der Waals surface area contributed by atoms with E-state index in [9.17, 15) is 9.90 Å². The van der Waals surface area contributed by atoms with Gasteiger partial charge in [0, 0.05) is 11.4 Å². The lowest BCUT2D eigenvalue weighted by molar-refractivity contribution is 0.102. The van der Waals surface area contributed by atoms with E-state index in [1.807, 2.05) is 19.9 Å². The number of aryl methyl sites for hydroxylation is 3. The highest BCUT2D eigenvalue weighted by molar-refractivity contribution is 6.05. The number of phenols is 1. The van der Waals surface area contributed by atoms with Crippen molar-refractivity contribution in [2.24, 2.45) is 0 Å². The van der Waals surface area contributed by atoms with Gasteiger partial charge in [0.2, 0.25) is 0 Å². The van der Waals surface area contributed by atoms with Crippen molar-refractivity contribution in [1.29, 1.82) is 0 Å². The summed E-state index contributed by atoms with van der Waals surface area (Å²) in [6, 6.07) is 8.52. The Morgan fingerprint density at radius 1 is 1.16 bits per heavy atom. The van der Waals surface area contributed by atoms with Crippen molar-refractivity contribution in [1.82, 2.24) is 4.98 Å². The Morgan fingerprint density at radius 3 is 2.53 bits per heavy atom. The molecule has 0 unspecified atom stereocenters. The number of carbonyl (C=O) groups is 1. The van der Waals surface area contributed by atoms with Crippen molar-refractivity contribution >= 4 is 11.6 Å². The fourth-order valence-electron chi connectivity index (χ4n) is 1.86. The summed E-state index contributed by atoms with van der Waals surface area (Å²) in [4.78, 5) is 16.4. The first-order valence-corrected chi connectivity index (χ1v) is 6.02. The fourth-order valence-corrected chi connectivity index (χ4v) is 1.86. The van der Waals surface area contributed by atoms with Crippen LogP contribution in [0.2, 0.25) is 0 Å². The molecule has 2 rings (SSSR count). The average Bonchev–Trinajstić information content (AvgIpc) is 2.33. The molecule has 0 bridgehead atoms. The zero-order chi connectivity index (χ0) is 14.0. The summed E-state index contributed by atoms with van der Waals surface area (Å²) in [5, 5.41) is 12.2. The van der Waals surface area contributed by atoms with Gasteiger partial charge in [-0.3, -0.25) is 9.78 Å². The van der Waals surface area contributed by atoms with Crippen LogP contribution >= 0.6 is 0 Å². The van der Waals surface area contributed by atoms with Gasteiger partial charge in [0.05, 0.1) is 11.3 Å². The van der Waals surface area contributed by atoms with Crippen LogP contribution in [-0.2, 0) is 0 Å². The molecule has 0 saturated heterocycles. The van der Waals surface area contributed by atoms with Crippen molar-refractivity contribution in [2.75, 3.05) is 5.32 Å². The van der Waals surface area contributed by atoms with Gasteiger partial charge in [0.25, 0.3) is 5.91 Å². The molecule has 0 aliphatic carbocycles. The van der Waals surface area contributed by atoms with E-state index in [4.69, 9.17) is 0 Å². The Hall–Kier alpha value is -2.36. The number of hydrogen-bond donors (Lipinski definition) is 2. The maximum atomic E-state index is 12.1. The van der Waals surface area contributed by atoms with Gasteiger partial charge < -0.3 is 10.4 Å². The lowest BCUT2D eigenvalue weighted by atomic mass is 10.1. The number of benzene rings is 1. The molecule has 1 amide bonds. The first-order valence-electron chi connectivity index (χ1n) is 6.02. The van der Waals surface area contributed by atoms with Crippen LogP contribution in [0.15, 0.2) is 30.3 Å². The number of nitrogens with one attached hydrogen (secondary N) is 1. The van der Waals surface area contributed by atoms with Crippen LogP contribution in [-0.4, -0.2) is 16.0 Å². The fraction of sp³-hybridized carbons (Fsp3) is 0.200. The Kier molecular flexibility index (Phi) is 3.51. The third-order valence-electron chi connectivity index (χ3n) is 2.92. The highest BCUT2D eigenvalue weighted by Crippen LogP contribution is 2.20. The summed E-state index contributed by atoms with van der Waals surface area (Å²) >= 11 is 0. The van der Waals surface area contributed by atoms with Gasteiger partial charge in [-0.25, -0.2) is 0 Å².